The second-order valence-electron chi connectivity index (χ2n) is 11.4. The first-order valence-electron chi connectivity index (χ1n) is 14.7. The molecule has 41 heavy (non-hydrogen) atoms. The smallest absolute Gasteiger partial charge is 0.254 e. The number of pyridine rings is 1. The van der Waals surface area contributed by atoms with Crippen LogP contribution in [0.1, 0.15) is 47.3 Å². The molecule has 1 amide bonds. The maximum absolute atomic E-state index is 14.3. The molecule has 3 aromatic carbocycles. The fraction of sp³-hybridized carbons (Fsp3) is 0.353. The van der Waals surface area contributed by atoms with Gasteiger partial charge in [-0.15, -0.1) is 0 Å². The molecule has 0 unspecified atom stereocenters. The molecule has 3 aliphatic heterocycles. The number of hydrogen-bond acceptors (Lipinski definition) is 5. The lowest BCUT2D eigenvalue weighted by Gasteiger charge is -2.29. The first-order chi connectivity index (χ1) is 20.1. The molecule has 2 fully saturated rings. The van der Waals surface area contributed by atoms with Crippen molar-refractivity contribution in [2.24, 2.45) is 0 Å². The Morgan fingerprint density at radius 1 is 0.854 bits per heavy atom. The fourth-order valence-electron chi connectivity index (χ4n) is 6.48. The molecule has 7 heteroatoms. The molecule has 3 aliphatic rings. The van der Waals surface area contributed by atoms with Crippen molar-refractivity contribution in [2.45, 2.75) is 44.6 Å². The van der Waals surface area contributed by atoms with Gasteiger partial charge in [0.25, 0.3) is 5.91 Å². The molecule has 0 aliphatic carbocycles. The SMILES string of the molecule is O=C(c1cc(CCc2ccc(F)cc2)nc2ccc(-c3ccc4c(c3)OCO4)cc12)N1CCC[C@H]1CN1CCCC1. The molecule has 1 atom stereocenters. The Kier molecular flexibility index (Phi) is 7.05. The second-order valence-corrected chi connectivity index (χ2v) is 11.4. The fourth-order valence-corrected chi connectivity index (χ4v) is 6.48. The van der Waals surface area contributed by atoms with Crippen LogP contribution >= 0.6 is 0 Å². The predicted molar refractivity (Wildman–Crippen MR) is 157 cm³/mol. The normalized spacial score (nSPS) is 18.5. The number of fused-ring (bicyclic) bond motifs is 2. The zero-order valence-corrected chi connectivity index (χ0v) is 23.2. The molecule has 0 bridgehead atoms. The summed E-state index contributed by atoms with van der Waals surface area (Å²) in [5.41, 5.74) is 5.44. The number of benzene rings is 3. The lowest BCUT2D eigenvalue weighted by Crippen LogP contribution is -2.42. The van der Waals surface area contributed by atoms with E-state index in [-0.39, 0.29) is 24.6 Å². The molecule has 2 saturated heterocycles. The highest BCUT2D eigenvalue weighted by atomic mass is 19.1. The quantitative estimate of drug-likeness (QED) is 0.272. The van der Waals surface area contributed by atoms with Gasteiger partial charge in [-0.3, -0.25) is 9.78 Å². The highest BCUT2D eigenvalue weighted by molar-refractivity contribution is 6.07. The lowest BCUT2D eigenvalue weighted by molar-refractivity contribution is 0.0710. The minimum absolute atomic E-state index is 0.0879. The molecule has 4 heterocycles. The average Bonchev–Trinajstić information content (AvgIpc) is 3.78. The zero-order valence-electron chi connectivity index (χ0n) is 23.2. The summed E-state index contributed by atoms with van der Waals surface area (Å²) in [6.45, 7) is 4.23. The summed E-state index contributed by atoms with van der Waals surface area (Å²) in [5.74, 6) is 1.33. The van der Waals surface area contributed by atoms with Crippen molar-refractivity contribution in [2.75, 3.05) is 33.0 Å². The van der Waals surface area contributed by atoms with E-state index in [1.165, 1.54) is 25.0 Å². The summed E-state index contributed by atoms with van der Waals surface area (Å²) in [6.07, 6.45) is 5.97. The van der Waals surface area contributed by atoms with Gasteiger partial charge in [-0.25, -0.2) is 4.39 Å². The van der Waals surface area contributed by atoms with E-state index in [4.69, 9.17) is 14.5 Å². The van der Waals surface area contributed by atoms with Crippen molar-refractivity contribution in [3.8, 4) is 22.6 Å². The Morgan fingerprint density at radius 2 is 1.63 bits per heavy atom. The third-order valence-corrected chi connectivity index (χ3v) is 8.69. The van der Waals surface area contributed by atoms with E-state index in [1.807, 2.05) is 42.5 Å². The van der Waals surface area contributed by atoms with Crippen LogP contribution in [0.25, 0.3) is 22.0 Å². The molecule has 4 aromatic rings. The Labute approximate surface area is 239 Å². The highest BCUT2D eigenvalue weighted by Gasteiger charge is 2.32. The molecule has 1 aromatic heterocycles. The van der Waals surface area contributed by atoms with E-state index < -0.39 is 0 Å². The molecule has 7 rings (SSSR count). The van der Waals surface area contributed by atoms with Gasteiger partial charge in [0.2, 0.25) is 6.79 Å². The summed E-state index contributed by atoms with van der Waals surface area (Å²) in [5, 5.41) is 0.863. The maximum atomic E-state index is 14.3. The molecule has 210 valence electrons. The molecule has 0 radical (unpaired) electrons. The standard InChI is InChI=1S/C34H34FN3O3/c35-26-10-5-23(6-11-26)7-12-27-20-30(34(39)38-17-3-4-28(38)21-37-15-1-2-16-37)29-18-24(8-13-31(29)36-27)25-9-14-32-33(19-25)41-22-40-32/h5-6,8-11,13-14,18-20,28H,1-4,7,12,15-17,21-22H2/t28-/m0/s1. The Morgan fingerprint density at radius 3 is 2.49 bits per heavy atom. The third kappa shape index (κ3) is 5.38. The third-order valence-electron chi connectivity index (χ3n) is 8.69. The number of carbonyl (C=O) groups excluding carboxylic acids is 1. The Bertz CT molecular complexity index is 1580. The molecule has 0 N–H and O–H groups in total. The van der Waals surface area contributed by atoms with Crippen molar-refractivity contribution in [1.82, 2.24) is 14.8 Å². The van der Waals surface area contributed by atoms with E-state index in [0.717, 1.165) is 90.2 Å². The van der Waals surface area contributed by atoms with Crippen molar-refractivity contribution >= 4 is 16.8 Å². The predicted octanol–water partition coefficient (Wildman–Crippen LogP) is 6.26. The number of aryl methyl sites for hydroxylation is 2. The minimum Gasteiger partial charge on any atom is -0.454 e. The van der Waals surface area contributed by atoms with Crippen LogP contribution in [0, 0.1) is 5.82 Å². The number of halogens is 1. The number of likely N-dealkylation sites (tertiary alicyclic amines) is 2. The van der Waals surface area contributed by atoms with E-state index in [2.05, 4.69) is 21.9 Å². The average molecular weight is 552 g/mol. The lowest BCUT2D eigenvalue weighted by atomic mass is 9.98. The number of carbonyl (C=O) groups is 1. The van der Waals surface area contributed by atoms with Crippen LogP contribution in [-0.4, -0.2) is 59.7 Å². The maximum Gasteiger partial charge on any atom is 0.254 e. The van der Waals surface area contributed by atoms with Gasteiger partial charge < -0.3 is 19.3 Å². The van der Waals surface area contributed by atoms with Gasteiger partial charge in [0.1, 0.15) is 5.82 Å². The van der Waals surface area contributed by atoms with Crippen LogP contribution < -0.4 is 9.47 Å². The minimum atomic E-state index is -0.238. The van der Waals surface area contributed by atoms with Crippen LogP contribution in [0.2, 0.25) is 0 Å². The van der Waals surface area contributed by atoms with Gasteiger partial charge in [-0.05, 0) is 111 Å². The van der Waals surface area contributed by atoms with Crippen LogP contribution in [0.3, 0.4) is 0 Å². The molecule has 0 spiro atoms. The number of nitrogens with zero attached hydrogens (tertiary/aromatic N) is 3. The summed E-state index contributed by atoms with van der Waals surface area (Å²) in [6, 6.07) is 20.9. The number of rotatable bonds is 7. The summed E-state index contributed by atoms with van der Waals surface area (Å²) < 4.78 is 24.5. The molecule has 6 nitrogen and oxygen atoms in total. The highest BCUT2D eigenvalue weighted by Crippen LogP contribution is 2.37. The van der Waals surface area contributed by atoms with E-state index in [0.29, 0.717) is 12.0 Å². The van der Waals surface area contributed by atoms with Gasteiger partial charge >= 0.3 is 0 Å². The largest absolute Gasteiger partial charge is 0.454 e. The van der Waals surface area contributed by atoms with E-state index in [9.17, 15) is 9.18 Å². The van der Waals surface area contributed by atoms with Crippen molar-refractivity contribution in [3.05, 3.63) is 89.4 Å². The van der Waals surface area contributed by atoms with Crippen molar-refractivity contribution in [3.63, 3.8) is 0 Å². The van der Waals surface area contributed by atoms with Crippen LogP contribution in [0.4, 0.5) is 4.39 Å². The van der Waals surface area contributed by atoms with Gasteiger partial charge in [-0.2, -0.15) is 0 Å². The Hall–Kier alpha value is -3.97. The van der Waals surface area contributed by atoms with Crippen LogP contribution in [0.15, 0.2) is 66.7 Å². The number of amides is 1. The monoisotopic (exact) mass is 551 g/mol. The van der Waals surface area contributed by atoms with Crippen LogP contribution in [-0.2, 0) is 12.8 Å². The summed E-state index contributed by atoms with van der Waals surface area (Å²) in [4.78, 5) is 23.9. The molecular weight excluding hydrogens is 517 g/mol. The molecule has 0 saturated carbocycles. The summed E-state index contributed by atoms with van der Waals surface area (Å²) in [7, 11) is 0. The zero-order chi connectivity index (χ0) is 27.8. The van der Waals surface area contributed by atoms with Gasteiger partial charge in [0.05, 0.1) is 11.1 Å². The van der Waals surface area contributed by atoms with Crippen molar-refractivity contribution in [1.29, 1.82) is 0 Å². The van der Waals surface area contributed by atoms with Gasteiger partial charge in [-0.1, -0.05) is 24.3 Å². The molecular formula is C34H34FN3O3. The first kappa shape index (κ1) is 26.0. The van der Waals surface area contributed by atoms with E-state index >= 15 is 0 Å². The van der Waals surface area contributed by atoms with Crippen molar-refractivity contribution < 1.29 is 18.7 Å². The van der Waals surface area contributed by atoms with Gasteiger partial charge in [0.15, 0.2) is 11.5 Å². The van der Waals surface area contributed by atoms with Gasteiger partial charge in [0, 0.05) is 30.2 Å². The number of hydrogen-bond donors (Lipinski definition) is 0. The number of aromatic nitrogens is 1. The second kappa shape index (κ2) is 11.1. The Balaban J connectivity index is 1.24. The summed E-state index contributed by atoms with van der Waals surface area (Å²) >= 11 is 0. The topological polar surface area (TPSA) is 54.9 Å². The van der Waals surface area contributed by atoms with Crippen LogP contribution in [0.5, 0.6) is 11.5 Å². The first-order valence-corrected chi connectivity index (χ1v) is 14.7. The van der Waals surface area contributed by atoms with E-state index in [1.54, 1.807) is 0 Å². The number of ether oxygens (including phenoxy) is 2.